The van der Waals surface area contributed by atoms with Crippen molar-refractivity contribution >= 4 is 0 Å². The molecule has 1 aliphatic rings. The van der Waals surface area contributed by atoms with Crippen molar-refractivity contribution in [3.8, 4) is 11.8 Å². The standard InChI is InChI=1S/C17H24N2O2/c1-14(2)7-10-21-16-5-3-15(4-6-16)17(13-18)19-8-11-20-12-9-19/h3-6,14,17H,7-12H2,1-2H3. The Morgan fingerprint density at radius 1 is 1.24 bits per heavy atom. The molecular weight excluding hydrogens is 264 g/mol. The number of hydrogen-bond acceptors (Lipinski definition) is 4. The van der Waals surface area contributed by atoms with Crippen molar-refractivity contribution in [2.24, 2.45) is 5.92 Å². The van der Waals surface area contributed by atoms with Crippen LogP contribution in [0.2, 0.25) is 0 Å². The van der Waals surface area contributed by atoms with E-state index >= 15 is 0 Å². The van der Waals surface area contributed by atoms with E-state index < -0.39 is 0 Å². The van der Waals surface area contributed by atoms with Crippen LogP contribution in [0.25, 0.3) is 0 Å². The third-order valence-corrected chi connectivity index (χ3v) is 3.69. The van der Waals surface area contributed by atoms with Gasteiger partial charge in [-0.1, -0.05) is 26.0 Å². The highest BCUT2D eigenvalue weighted by Gasteiger charge is 2.22. The highest BCUT2D eigenvalue weighted by atomic mass is 16.5. The van der Waals surface area contributed by atoms with Crippen molar-refractivity contribution in [1.82, 2.24) is 4.90 Å². The summed E-state index contributed by atoms with van der Waals surface area (Å²) in [5, 5.41) is 9.44. The van der Waals surface area contributed by atoms with Gasteiger partial charge in [-0.25, -0.2) is 0 Å². The summed E-state index contributed by atoms with van der Waals surface area (Å²) in [6, 6.07) is 10.1. The maximum atomic E-state index is 9.44. The van der Waals surface area contributed by atoms with Gasteiger partial charge in [-0.3, -0.25) is 4.90 Å². The van der Waals surface area contributed by atoms with Crippen LogP contribution in [0.15, 0.2) is 24.3 Å². The SMILES string of the molecule is CC(C)CCOc1ccc(C(C#N)N2CCOCC2)cc1. The predicted molar refractivity (Wildman–Crippen MR) is 82.1 cm³/mol. The molecule has 0 spiro atoms. The summed E-state index contributed by atoms with van der Waals surface area (Å²) < 4.78 is 11.1. The highest BCUT2D eigenvalue weighted by Crippen LogP contribution is 2.23. The monoisotopic (exact) mass is 288 g/mol. The van der Waals surface area contributed by atoms with Crippen LogP contribution in [0, 0.1) is 17.2 Å². The van der Waals surface area contributed by atoms with E-state index in [9.17, 15) is 5.26 Å². The third-order valence-electron chi connectivity index (χ3n) is 3.69. The molecule has 0 aromatic heterocycles. The van der Waals surface area contributed by atoms with Crippen LogP contribution in [0.3, 0.4) is 0 Å². The predicted octanol–water partition coefficient (Wildman–Crippen LogP) is 3.01. The Morgan fingerprint density at radius 3 is 2.48 bits per heavy atom. The number of hydrogen-bond donors (Lipinski definition) is 0. The second-order valence-corrected chi connectivity index (χ2v) is 5.78. The molecule has 0 bridgehead atoms. The van der Waals surface area contributed by atoms with Gasteiger partial charge in [-0.15, -0.1) is 0 Å². The molecule has 1 heterocycles. The molecule has 0 saturated carbocycles. The average molecular weight is 288 g/mol. The number of ether oxygens (including phenoxy) is 2. The molecule has 0 amide bonds. The first-order chi connectivity index (χ1) is 10.2. The van der Waals surface area contributed by atoms with Gasteiger partial charge in [-0.2, -0.15) is 5.26 Å². The second kappa shape index (κ2) is 8.02. The molecule has 114 valence electrons. The first-order valence-electron chi connectivity index (χ1n) is 7.65. The van der Waals surface area contributed by atoms with Gasteiger partial charge in [0, 0.05) is 13.1 Å². The fraction of sp³-hybridized carbons (Fsp3) is 0.588. The minimum absolute atomic E-state index is 0.196. The van der Waals surface area contributed by atoms with Gasteiger partial charge >= 0.3 is 0 Å². The van der Waals surface area contributed by atoms with Crippen LogP contribution in [0.5, 0.6) is 5.75 Å². The molecule has 1 unspecified atom stereocenters. The van der Waals surface area contributed by atoms with E-state index in [-0.39, 0.29) is 6.04 Å². The minimum Gasteiger partial charge on any atom is -0.494 e. The largest absolute Gasteiger partial charge is 0.494 e. The normalized spacial score (nSPS) is 17.4. The van der Waals surface area contributed by atoms with Crippen LogP contribution >= 0.6 is 0 Å². The van der Waals surface area contributed by atoms with Crippen LogP contribution < -0.4 is 4.74 Å². The van der Waals surface area contributed by atoms with E-state index in [1.807, 2.05) is 24.3 Å². The summed E-state index contributed by atoms with van der Waals surface area (Å²) in [5.41, 5.74) is 1.02. The van der Waals surface area contributed by atoms with Gasteiger partial charge < -0.3 is 9.47 Å². The summed E-state index contributed by atoms with van der Waals surface area (Å²) in [4.78, 5) is 2.16. The van der Waals surface area contributed by atoms with E-state index in [0.29, 0.717) is 19.1 Å². The van der Waals surface area contributed by atoms with Gasteiger partial charge in [0.05, 0.1) is 25.9 Å². The lowest BCUT2D eigenvalue weighted by Crippen LogP contribution is -2.38. The maximum Gasteiger partial charge on any atom is 0.124 e. The molecule has 0 aliphatic carbocycles. The van der Waals surface area contributed by atoms with Crippen molar-refractivity contribution in [2.75, 3.05) is 32.9 Å². The first kappa shape index (κ1) is 15.8. The fourth-order valence-corrected chi connectivity index (χ4v) is 2.36. The molecule has 1 fully saturated rings. The second-order valence-electron chi connectivity index (χ2n) is 5.78. The van der Waals surface area contributed by atoms with E-state index in [1.165, 1.54) is 0 Å². The number of morpholine rings is 1. The quantitative estimate of drug-likeness (QED) is 0.807. The van der Waals surface area contributed by atoms with Crippen molar-refractivity contribution in [2.45, 2.75) is 26.3 Å². The number of nitrogens with zero attached hydrogens (tertiary/aromatic N) is 2. The summed E-state index contributed by atoms with van der Waals surface area (Å²) in [5.74, 6) is 1.52. The van der Waals surface area contributed by atoms with Crippen LogP contribution in [0.1, 0.15) is 31.9 Å². The lowest BCUT2D eigenvalue weighted by molar-refractivity contribution is 0.0266. The topological polar surface area (TPSA) is 45.5 Å². The zero-order chi connectivity index (χ0) is 15.1. The fourth-order valence-electron chi connectivity index (χ4n) is 2.36. The molecule has 0 radical (unpaired) electrons. The molecular formula is C17H24N2O2. The van der Waals surface area contributed by atoms with Gasteiger partial charge in [0.2, 0.25) is 0 Å². The zero-order valence-corrected chi connectivity index (χ0v) is 12.9. The van der Waals surface area contributed by atoms with Gasteiger partial charge in [0.1, 0.15) is 11.8 Å². The summed E-state index contributed by atoms with van der Waals surface area (Å²) in [6.07, 6.45) is 1.05. The Morgan fingerprint density at radius 2 is 1.90 bits per heavy atom. The lowest BCUT2D eigenvalue weighted by atomic mass is 10.1. The van der Waals surface area contributed by atoms with Crippen LogP contribution in [-0.2, 0) is 4.74 Å². The third kappa shape index (κ3) is 4.73. The van der Waals surface area contributed by atoms with E-state index in [4.69, 9.17) is 9.47 Å². The summed E-state index contributed by atoms with van der Waals surface area (Å²) in [6.45, 7) is 8.14. The van der Waals surface area contributed by atoms with Crippen molar-refractivity contribution in [1.29, 1.82) is 5.26 Å². The first-order valence-corrected chi connectivity index (χ1v) is 7.65. The Balaban J connectivity index is 1.94. The molecule has 4 nitrogen and oxygen atoms in total. The minimum atomic E-state index is -0.196. The van der Waals surface area contributed by atoms with E-state index in [1.54, 1.807) is 0 Å². The molecule has 1 aromatic carbocycles. The molecule has 1 aromatic rings. The van der Waals surface area contributed by atoms with Gasteiger partial charge in [-0.05, 0) is 30.0 Å². The molecule has 0 N–H and O–H groups in total. The molecule has 1 saturated heterocycles. The smallest absolute Gasteiger partial charge is 0.124 e. The van der Waals surface area contributed by atoms with E-state index in [0.717, 1.165) is 37.4 Å². The molecule has 1 atom stereocenters. The van der Waals surface area contributed by atoms with Crippen molar-refractivity contribution < 1.29 is 9.47 Å². The molecule has 1 aliphatic heterocycles. The Kier molecular flexibility index (Phi) is 6.04. The Bertz CT molecular complexity index is 459. The van der Waals surface area contributed by atoms with Gasteiger partial charge in [0.15, 0.2) is 0 Å². The van der Waals surface area contributed by atoms with Crippen LogP contribution in [-0.4, -0.2) is 37.8 Å². The summed E-state index contributed by atoms with van der Waals surface area (Å²) in [7, 11) is 0. The Labute approximate surface area is 127 Å². The highest BCUT2D eigenvalue weighted by molar-refractivity contribution is 5.31. The molecule has 4 heteroatoms. The maximum absolute atomic E-state index is 9.44. The van der Waals surface area contributed by atoms with Crippen LogP contribution in [0.4, 0.5) is 0 Å². The summed E-state index contributed by atoms with van der Waals surface area (Å²) >= 11 is 0. The number of rotatable bonds is 6. The average Bonchev–Trinajstić information content (AvgIpc) is 2.50. The van der Waals surface area contributed by atoms with Crippen molar-refractivity contribution in [3.05, 3.63) is 29.8 Å². The molecule has 21 heavy (non-hydrogen) atoms. The zero-order valence-electron chi connectivity index (χ0n) is 12.9. The van der Waals surface area contributed by atoms with Crippen molar-refractivity contribution in [3.63, 3.8) is 0 Å². The van der Waals surface area contributed by atoms with E-state index in [2.05, 4.69) is 24.8 Å². The molecule has 2 rings (SSSR count). The number of benzene rings is 1. The van der Waals surface area contributed by atoms with Gasteiger partial charge in [0.25, 0.3) is 0 Å². The lowest BCUT2D eigenvalue weighted by Gasteiger charge is -2.30. The number of nitriles is 1. The Hall–Kier alpha value is -1.57.